The molecule has 49 heavy (non-hydrogen) atoms. The van der Waals surface area contributed by atoms with Gasteiger partial charge >= 0.3 is 0 Å². The molecule has 0 bridgehead atoms. The highest BCUT2D eigenvalue weighted by Crippen LogP contribution is 2.49. The van der Waals surface area contributed by atoms with E-state index in [0.29, 0.717) is 0 Å². The topological polar surface area (TPSA) is 13.1 Å². The molecule has 0 N–H and O–H groups in total. The zero-order valence-corrected chi connectivity index (χ0v) is 26.7. The SMILES string of the molecule is c1ccc(-c2ccc3c(oc4ccccc43)c2-c2c3ccccc3c(-c3ccc(-c4ccc5ccccc5c4)cc3)c3ccccc23)cc1. The van der Waals surface area contributed by atoms with E-state index in [1.165, 1.54) is 65.7 Å². The first-order valence-corrected chi connectivity index (χ1v) is 16.8. The first-order valence-electron chi connectivity index (χ1n) is 16.8. The Morgan fingerprint density at radius 2 is 0.837 bits per heavy atom. The van der Waals surface area contributed by atoms with E-state index in [1.807, 2.05) is 6.07 Å². The molecule has 228 valence electrons. The first-order chi connectivity index (χ1) is 24.3. The van der Waals surface area contributed by atoms with Gasteiger partial charge in [0.05, 0.1) is 0 Å². The maximum absolute atomic E-state index is 6.79. The third-order valence-electron chi connectivity index (χ3n) is 10.1. The van der Waals surface area contributed by atoms with Crippen molar-refractivity contribution in [2.45, 2.75) is 0 Å². The van der Waals surface area contributed by atoms with Gasteiger partial charge in [-0.05, 0) is 83.9 Å². The van der Waals surface area contributed by atoms with Crippen LogP contribution in [0.15, 0.2) is 186 Å². The molecule has 0 saturated carbocycles. The van der Waals surface area contributed by atoms with Crippen LogP contribution in [-0.2, 0) is 0 Å². The Hall–Kier alpha value is -6.44. The molecule has 0 radical (unpaired) electrons. The van der Waals surface area contributed by atoms with Gasteiger partial charge in [0, 0.05) is 21.9 Å². The van der Waals surface area contributed by atoms with E-state index >= 15 is 0 Å². The molecule has 9 aromatic carbocycles. The van der Waals surface area contributed by atoms with Crippen LogP contribution in [-0.4, -0.2) is 0 Å². The van der Waals surface area contributed by atoms with Crippen LogP contribution in [0.4, 0.5) is 0 Å². The monoisotopic (exact) mass is 622 g/mol. The summed E-state index contributed by atoms with van der Waals surface area (Å²) in [6.07, 6.45) is 0. The van der Waals surface area contributed by atoms with E-state index in [2.05, 4.69) is 176 Å². The van der Waals surface area contributed by atoms with Crippen LogP contribution in [0.25, 0.3) is 98.8 Å². The van der Waals surface area contributed by atoms with Gasteiger partial charge in [0.1, 0.15) is 11.2 Å². The van der Waals surface area contributed by atoms with E-state index in [4.69, 9.17) is 4.42 Å². The Bertz CT molecular complexity index is 2800. The molecule has 0 unspecified atom stereocenters. The summed E-state index contributed by atoms with van der Waals surface area (Å²) in [6, 6.07) is 65.7. The van der Waals surface area contributed by atoms with Crippen LogP contribution < -0.4 is 0 Å². The van der Waals surface area contributed by atoms with Crippen LogP contribution in [0.3, 0.4) is 0 Å². The lowest BCUT2D eigenvalue weighted by Gasteiger charge is -2.20. The van der Waals surface area contributed by atoms with Crippen molar-refractivity contribution in [2.75, 3.05) is 0 Å². The number of furan rings is 1. The summed E-state index contributed by atoms with van der Waals surface area (Å²) in [7, 11) is 0. The lowest BCUT2D eigenvalue weighted by molar-refractivity contribution is 0.670. The van der Waals surface area contributed by atoms with Gasteiger partial charge in [0.15, 0.2) is 0 Å². The van der Waals surface area contributed by atoms with Crippen molar-refractivity contribution in [1.82, 2.24) is 0 Å². The third kappa shape index (κ3) is 4.40. The number of para-hydroxylation sites is 1. The molecule has 10 aromatic rings. The second-order valence-corrected chi connectivity index (χ2v) is 12.8. The number of hydrogen-bond donors (Lipinski definition) is 0. The van der Waals surface area contributed by atoms with E-state index in [9.17, 15) is 0 Å². The van der Waals surface area contributed by atoms with Crippen molar-refractivity contribution in [3.8, 4) is 44.5 Å². The maximum atomic E-state index is 6.79. The molecule has 1 aromatic heterocycles. The average molecular weight is 623 g/mol. The fourth-order valence-electron chi connectivity index (χ4n) is 7.80. The van der Waals surface area contributed by atoms with Crippen LogP contribution in [0, 0.1) is 0 Å². The van der Waals surface area contributed by atoms with Crippen LogP contribution in [0.5, 0.6) is 0 Å². The Kier molecular flexibility index (Phi) is 6.25. The van der Waals surface area contributed by atoms with Gasteiger partial charge < -0.3 is 4.42 Å². The number of fused-ring (bicyclic) bond motifs is 6. The van der Waals surface area contributed by atoms with Gasteiger partial charge in [-0.1, -0.05) is 164 Å². The van der Waals surface area contributed by atoms with Crippen molar-refractivity contribution < 1.29 is 4.42 Å². The van der Waals surface area contributed by atoms with Gasteiger partial charge in [-0.3, -0.25) is 0 Å². The van der Waals surface area contributed by atoms with Crippen LogP contribution >= 0.6 is 0 Å². The quantitative estimate of drug-likeness (QED) is 0.178. The fourth-order valence-corrected chi connectivity index (χ4v) is 7.80. The average Bonchev–Trinajstić information content (AvgIpc) is 3.56. The van der Waals surface area contributed by atoms with E-state index < -0.39 is 0 Å². The lowest BCUT2D eigenvalue weighted by atomic mass is 9.83. The van der Waals surface area contributed by atoms with E-state index in [0.717, 1.165) is 33.1 Å². The molecule has 1 nitrogen and oxygen atoms in total. The molecular formula is C48H30O. The van der Waals surface area contributed by atoms with Crippen LogP contribution in [0.2, 0.25) is 0 Å². The minimum absolute atomic E-state index is 0.903. The molecule has 1 heterocycles. The van der Waals surface area contributed by atoms with Crippen molar-refractivity contribution in [3.63, 3.8) is 0 Å². The minimum Gasteiger partial charge on any atom is -0.455 e. The number of benzene rings is 9. The molecule has 0 spiro atoms. The standard InChI is InChI=1S/C48H30O/c1-2-13-33(14-3-1)37-28-29-43-38-16-10-11-21-44(38)49-48(43)47(37)46-41-19-8-6-17-39(41)45(40-18-7-9-20-42(40)46)34-25-22-32(23-26-34)36-27-24-31-12-4-5-15-35(31)30-36/h1-30H. The third-order valence-corrected chi connectivity index (χ3v) is 10.1. The first kappa shape index (κ1) is 27.7. The molecule has 0 aliphatic carbocycles. The van der Waals surface area contributed by atoms with E-state index in [1.54, 1.807) is 0 Å². The summed E-state index contributed by atoms with van der Waals surface area (Å²) >= 11 is 0. The molecule has 0 amide bonds. The Labute approximate surface area is 284 Å². The normalized spacial score (nSPS) is 11.7. The molecule has 10 rings (SSSR count). The molecule has 0 atom stereocenters. The summed E-state index contributed by atoms with van der Waals surface area (Å²) in [4.78, 5) is 0. The number of hydrogen-bond acceptors (Lipinski definition) is 1. The molecule has 0 fully saturated rings. The highest BCUT2D eigenvalue weighted by atomic mass is 16.3. The van der Waals surface area contributed by atoms with Gasteiger partial charge in [-0.25, -0.2) is 0 Å². The summed E-state index contributed by atoms with van der Waals surface area (Å²) in [5.74, 6) is 0. The highest BCUT2D eigenvalue weighted by molar-refractivity contribution is 6.26. The smallest absolute Gasteiger partial charge is 0.143 e. The van der Waals surface area contributed by atoms with E-state index in [-0.39, 0.29) is 0 Å². The predicted molar refractivity (Wildman–Crippen MR) is 208 cm³/mol. The Morgan fingerprint density at radius 1 is 0.286 bits per heavy atom. The van der Waals surface area contributed by atoms with Crippen molar-refractivity contribution in [2.24, 2.45) is 0 Å². The zero-order chi connectivity index (χ0) is 32.3. The van der Waals surface area contributed by atoms with Gasteiger partial charge in [-0.15, -0.1) is 0 Å². The Balaban J connectivity index is 1.25. The number of rotatable bonds is 4. The van der Waals surface area contributed by atoms with Crippen molar-refractivity contribution in [1.29, 1.82) is 0 Å². The summed E-state index contributed by atoms with van der Waals surface area (Å²) < 4.78 is 6.79. The minimum atomic E-state index is 0.903. The van der Waals surface area contributed by atoms with Gasteiger partial charge in [0.2, 0.25) is 0 Å². The molecular weight excluding hydrogens is 593 g/mol. The summed E-state index contributed by atoms with van der Waals surface area (Å²) in [5.41, 5.74) is 11.4. The zero-order valence-electron chi connectivity index (χ0n) is 26.7. The second kappa shape index (κ2) is 11.1. The fraction of sp³-hybridized carbons (Fsp3) is 0. The lowest BCUT2D eigenvalue weighted by Crippen LogP contribution is -1.93. The highest BCUT2D eigenvalue weighted by Gasteiger charge is 2.23. The predicted octanol–water partition coefficient (Wildman–Crippen LogP) is 13.7. The Morgan fingerprint density at radius 3 is 1.55 bits per heavy atom. The molecule has 0 aliphatic heterocycles. The van der Waals surface area contributed by atoms with Crippen LogP contribution in [0.1, 0.15) is 0 Å². The summed E-state index contributed by atoms with van der Waals surface area (Å²) in [5, 5.41) is 9.64. The summed E-state index contributed by atoms with van der Waals surface area (Å²) in [6.45, 7) is 0. The van der Waals surface area contributed by atoms with Crippen molar-refractivity contribution in [3.05, 3.63) is 182 Å². The molecule has 1 heteroatoms. The van der Waals surface area contributed by atoms with Gasteiger partial charge in [-0.2, -0.15) is 0 Å². The molecule has 0 saturated heterocycles. The molecule has 0 aliphatic rings. The maximum Gasteiger partial charge on any atom is 0.143 e. The van der Waals surface area contributed by atoms with Crippen molar-refractivity contribution >= 4 is 54.3 Å². The largest absolute Gasteiger partial charge is 0.455 e. The van der Waals surface area contributed by atoms with Gasteiger partial charge in [0.25, 0.3) is 0 Å². The second-order valence-electron chi connectivity index (χ2n) is 12.8.